The van der Waals surface area contributed by atoms with Gasteiger partial charge in [0.15, 0.2) is 0 Å². The molecule has 1 aromatic carbocycles. The summed E-state index contributed by atoms with van der Waals surface area (Å²) < 4.78 is 5.44. The molecule has 1 rings (SSSR count). The van der Waals surface area contributed by atoms with Gasteiger partial charge >= 0.3 is 0 Å². The molecular weight excluding hydrogens is 428 g/mol. The van der Waals surface area contributed by atoms with Crippen LogP contribution in [0.1, 0.15) is 151 Å². The summed E-state index contributed by atoms with van der Waals surface area (Å²) in [7, 11) is 1.80. The zero-order chi connectivity index (χ0) is 28.5. The molecule has 0 aromatic heterocycles. The van der Waals surface area contributed by atoms with Gasteiger partial charge in [-0.05, 0) is 66.9 Å². The van der Waals surface area contributed by atoms with E-state index in [4.69, 9.17) is 4.74 Å². The third kappa shape index (κ3) is 19.7. The highest BCUT2D eigenvalue weighted by Crippen LogP contribution is 2.43. The molecule has 1 aromatic rings. The highest BCUT2D eigenvalue weighted by Gasteiger charge is 2.30. The van der Waals surface area contributed by atoms with Crippen molar-refractivity contribution in [2.75, 3.05) is 7.11 Å². The summed E-state index contributed by atoms with van der Waals surface area (Å²) >= 11 is 0. The maximum Gasteiger partial charge on any atom is 0.150 e. The van der Waals surface area contributed by atoms with Crippen LogP contribution >= 0.6 is 0 Å². The lowest BCUT2D eigenvalue weighted by molar-refractivity contribution is -0.0323. The monoisotopic (exact) mass is 492 g/mol. The molecule has 0 fully saturated rings. The number of hydrogen-bond donors (Lipinski definition) is 0. The fourth-order valence-electron chi connectivity index (χ4n) is 3.94. The topological polar surface area (TPSA) is 26.3 Å². The average Bonchev–Trinajstić information content (AvgIpc) is 2.76. The van der Waals surface area contributed by atoms with E-state index in [0.717, 1.165) is 24.2 Å². The Morgan fingerprint density at radius 1 is 0.914 bits per heavy atom. The second-order valence-corrected chi connectivity index (χ2v) is 12.9. The number of aldehydes is 1. The number of hydrogen-bond acceptors (Lipinski definition) is 2. The second-order valence-electron chi connectivity index (χ2n) is 12.9. The van der Waals surface area contributed by atoms with Crippen molar-refractivity contribution in [1.82, 2.24) is 0 Å². The lowest BCUT2D eigenvalue weighted by Gasteiger charge is -2.36. The highest BCUT2D eigenvalue weighted by atomic mass is 16.5. The first-order valence-electron chi connectivity index (χ1n) is 14.0. The SMILES string of the molecule is CC.CC(C)(C)CC(c1cccc(C=O)c1)C(C)(C)C.CC(C)C.CCCC(CC)C(C)(C)OC. The highest BCUT2D eigenvalue weighted by molar-refractivity contribution is 5.75. The largest absolute Gasteiger partial charge is 0.379 e. The van der Waals surface area contributed by atoms with Crippen molar-refractivity contribution in [3.63, 3.8) is 0 Å². The Balaban J connectivity index is -0.000000513. The molecule has 0 N–H and O–H groups in total. The van der Waals surface area contributed by atoms with Crippen LogP contribution in [-0.4, -0.2) is 19.0 Å². The summed E-state index contributed by atoms with van der Waals surface area (Å²) in [6.07, 6.45) is 5.80. The van der Waals surface area contributed by atoms with Crippen LogP contribution in [0.25, 0.3) is 0 Å². The van der Waals surface area contributed by atoms with Gasteiger partial charge in [-0.2, -0.15) is 0 Å². The fourth-order valence-corrected chi connectivity index (χ4v) is 3.94. The van der Waals surface area contributed by atoms with Crippen molar-refractivity contribution in [2.45, 2.75) is 141 Å². The predicted octanol–water partition coefficient (Wildman–Crippen LogP) is 11.0. The number of benzene rings is 1. The van der Waals surface area contributed by atoms with Gasteiger partial charge in [0, 0.05) is 12.7 Å². The molecule has 0 aliphatic heterocycles. The van der Waals surface area contributed by atoms with Crippen molar-refractivity contribution in [3.05, 3.63) is 35.4 Å². The Morgan fingerprint density at radius 3 is 1.71 bits per heavy atom. The van der Waals surface area contributed by atoms with Crippen molar-refractivity contribution < 1.29 is 9.53 Å². The van der Waals surface area contributed by atoms with Crippen LogP contribution in [-0.2, 0) is 4.74 Å². The fraction of sp³-hybridized carbons (Fsp3) is 0.788. The normalized spacial score (nSPS) is 13.3. The van der Waals surface area contributed by atoms with E-state index < -0.39 is 0 Å². The van der Waals surface area contributed by atoms with Gasteiger partial charge < -0.3 is 4.74 Å². The first kappa shape index (κ1) is 38.4. The molecule has 0 saturated heterocycles. The maximum atomic E-state index is 10.9. The smallest absolute Gasteiger partial charge is 0.150 e. The summed E-state index contributed by atoms with van der Waals surface area (Å²) in [6, 6.07) is 8.04. The molecule has 35 heavy (non-hydrogen) atoms. The third-order valence-corrected chi connectivity index (χ3v) is 5.95. The van der Waals surface area contributed by atoms with Crippen LogP contribution in [0.2, 0.25) is 0 Å². The van der Waals surface area contributed by atoms with Gasteiger partial charge in [-0.25, -0.2) is 0 Å². The van der Waals surface area contributed by atoms with Gasteiger partial charge in [-0.15, -0.1) is 0 Å². The molecule has 208 valence electrons. The van der Waals surface area contributed by atoms with E-state index in [1.165, 1.54) is 24.8 Å². The Morgan fingerprint density at radius 2 is 1.40 bits per heavy atom. The van der Waals surface area contributed by atoms with E-state index in [2.05, 4.69) is 96.1 Å². The minimum absolute atomic E-state index is 0.0603. The quantitative estimate of drug-likeness (QED) is 0.337. The molecule has 0 bridgehead atoms. The number of carbonyl (C=O) groups is 1. The third-order valence-electron chi connectivity index (χ3n) is 5.95. The zero-order valence-electron chi connectivity index (χ0n) is 26.8. The van der Waals surface area contributed by atoms with E-state index in [9.17, 15) is 4.79 Å². The molecule has 0 spiro atoms. The van der Waals surface area contributed by atoms with Crippen LogP contribution in [0.5, 0.6) is 0 Å². The molecule has 0 radical (unpaired) electrons. The van der Waals surface area contributed by atoms with E-state index in [0.29, 0.717) is 11.8 Å². The average molecular weight is 493 g/mol. The molecule has 2 nitrogen and oxygen atoms in total. The Bertz CT molecular complexity index is 626. The number of carbonyl (C=O) groups excluding carboxylic acids is 1. The summed E-state index contributed by atoms with van der Waals surface area (Å²) in [6.45, 7) is 33.0. The van der Waals surface area contributed by atoms with Crippen molar-refractivity contribution >= 4 is 6.29 Å². The molecular formula is C33H64O2. The number of ether oxygens (including phenoxy) is 1. The van der Waals surface area contributed by atoms with Crippen LogP contribution in [0.4, 0.5) is 0 Å². The summed E-state index contributed by atoms with van der Waals surface area (Å²) in [4.78, 5) is 10.9. The first-order valence-corrected chi connectivity index (χ1v) is 14.0. The number of methoxy groups -OCH3 is 1. The summed E-state index contributed by atoms with van der Waals surface area (Å²) in [5.41, 5.74) is 2.60. The van der Waals surface area contributed by atoms with Gasteiger partial charge in [0.25, 0.3) is 0 Å². The molecule has 0 aliphatic rings. The molecule has 0 saturated carbocycles. The molecule has 0 aliphatic carbocycles. The van der Waals surface area contributed by atoms with Gasteiger partial charge in [0.1, 0.15) is 6.29 Å². The second kappa shape index (κ2) is 19.0. The summed E-state index contributed by atoms with van der Waals surface area (Å²) in [5.74, 6) is 2.01. The van der Waals surface area contributed by atoms with Gasteiger partial charge in [0.2, 0.25) is 0 Å². The van der Waals surface area contributed by atoms with Crippen LogP contribution < -0.4 is 0 Å². The summed E-state index contributed by atoms with van der Waals surface area (Å²) in [5, 5.41) is 0. The van der Waals surface area contributed by atoms with Crippen LogP contribution in [0.15, 0.2) is 24.3 Å². The first-order chi connectivity index (χ1) is 15.9. The van der Waals surface area contributed by atoms with Crippen molar-refractivity contribution in [1.29, 1.82) is 0 Å². The molecule has 0 heterocycles. The Labute approximate surface area is 222 Å². The van der Waals surface area contributed by atoms with Gasteiger partial charge in [0.05, 0.1) is 5.60 Å². The molecule has 2 heteroatoms. The van der Waals surface area contributed by atoms with E-state index in [1.807, 2.05) is 32.0 Å². The molecule has 2 atom stereocenters. The van der Waals surface area contributed by atoms with Gasteiger partial charge in [-0.3, -0.25) is 4.79 Å². The van der Waals surface area contributed by atoms with E-state index >= 15 is 0 Å². The van der Waals surface area contributed by atoms with Crippen LogP contribution in [0, 0.1) is 22.7 Å². The minimum Gasteiger partial charge on any atom is -0.379 e. The van der Waals surface area contributed by atoms with Crippen molar-refractivity contribution in [3.8, 4) is 0 Å². The predicted molar refractivity (Wildman–Crippen MR) is 160 cm³/mol. The lowest BCUT2D eigenvalue weighted by Crippen LogP contribution is -2.32. The Kier molecular flexibility index (Phi) is 20.9. The number of rotatable bonds is 8. The molecule has 2 unspecified atom stereocenters. The zero-order valence-corrected chi connectivity index (χ0v) is 26.8. The van der Waals surface area contributed by atoms with E-state index in [-0.39, 0.29) is 16.4 Å². The maximum absolute atomic E-state index is 10.9. The Hall–Kier alpha value is -1.15. The van der Waals surface area contributed by atoms with Crippen LogP contribution in [0.3, 0.4) is 0 Å². The van der Waals surface area contributed by atoms with E-state index in [1.54, 1.807) is 7.11 Å². The standard InChI is InChI=1S/C17H26O.C10H22O.C4H10.C2H6/c1-16(2,3)11-15(17(4,5)6)14-9-7-8-13(10-14)12-18;1-6-8-9(7-2)10(3,4)11-5;1-4(2)3;1-2/h7-10,12,15H,11H2,1-6H3;9H,6-8H2,1-5H3;4H,1-3H3;1-2H3. The van der Waals surface area contributed by atoms with Gasteiger partial charge in [-0.1, -0.05) is 121 Å². The molecule has 0 amide bonds. The van der Waals surface area contributed by atoms with Crippen molar-refractivity contribution in [2.24, 2.45) is 22.7 Å². The minimum atomic E-state index is 0.0603. The lowest BCUT2D eigenvalue weighted by atomic mass is 9.69.